The van der Waals surface area contributed by atoms with Gasteiger partial charge in [-0.3, -0.25) is 14.9 Å². The third-order valence-electron chi connectivity index (χ3n) is 3.62. The molecule has 0 saturated heterocycles. The van der Waals surface area contributed by atoms with Crippen molar-refractivity contribution in [2.24, 2.45) is 4.40 Å². The first-order chi connectivity index (χ1) is 11.4. The van der Waals surface area contributed by atoms with E-state index in [0.717, 1.165) is 6.07 Å². The molecule has 0 N–H and O–H groups in total. The largest absolute Gasteiger partial charge is 0.292 e. The normalized spacial score (nSPS) is 26.2. The summed E-state index contributed by atoms with van der Waals surface area (Å²) >= 11 is 9.79. The van der Waals surface area contributed by atoms with Crippen LogP contribution in [-0.2, 0) is 14.8 Å². The number of allylic oxidation sites excluding steroid dienone is 2. The number of nitro benzene ring substituents is 1. The molecule has 0 aliphatic heterocycles. The number of carbonyl (C=O) groups excluding carboxylic acids is 1. The van der Waals surface area contributed by atoms with E-state index in [4.69, 9.17) is 0 Å². The molecular formula is C14H11Br3N2O5S. The van der Waals surface area contributed by atoms with Crippen molar-refractivity contribution >= 4 is 75.0 Å². The second-order valence-electron chi connectivity index (χ2n) is 5.41. The van der Waals surface area contributed by atoms with Crippen molar-refractivity contribution in [2.45, 2.75) is 27.9 Å². The molecule has 7 nitrogen and oxygen atoms in total. The Morgan fingerprint density at radius 3 is 2.52 bits per heavy atom. The van der Waals surface area contributed by atoms with Gasteiger partial charge < -0.3 is 0 Å². The number of Topliss-reactive ketones (excluding diaryl/α,β-unsaturated/α-hetero) is 1. The number of rotatable bonds is 3. The molecule has 1 aliphatic carbocycles. The zero-order valence-electron chi connectivity index (χ0n) is 12.9. The van der Waals surface area contributed by atoms with Gasteiger partial charge in [-0.15, -0.1) is 0 Å². The molecule has 0 bridgehead atoms. The highest BCUT2D eigenvalue weighted by Crippen LogP contribution is 2.41. The molecule has 0 radical (unpaired) electrons. The second-order valence-corrected chi connectivity index (χ2v) is 10.4. The number of alkyl halides is 2. The van der Waals surface area contributed by atoms with Crippen molar-refractivity contribution in [3.63, 3.8) is 0 Å². The number of non-ortho nitro benzene ring substituents is 1. The van der Waals surface area contributed by atoms with Gasteiger partial charge in [-0.25, -0.2) is 0 Å². The molecule has 1 aromatic rings. The predicted molar refractivity (Wildman–Crippen MR) is 104 cm³/mol. The summed E-state index contributed by atoms with van der Waals surface area (Å²) < 4.78 is 28.1. The summed E-state index contributed by atoms with van der Waals surface area (Å²) in [6.07, 6.45) is 0. The van der Waals surface area contributed by atoms with Crippen LogP contribution in [0.15, 0.2) is 43.6 Å². The van der Waals surface area contributed by atoms with Gasteiger partial charge in [0.05, 0.1) is 24.8 Å². The van der Waals surface area contributed by atoms with Gasteiger partial charge in [-0.2, -0.15) is 12.8 Å². The van der Waals surface area contributed by atoms with Crippen LogP contribution in [0.25, 0.3) is 0 Å². The Morgan fingerprint density at radius 2 is 1.96 bits per heavy atom. The number of benzene rings is 1. The van der Waals surface area contributed by atoms with Crippen LogP contribution in [0.5, 0.6) is 0 Å². The van der Waals surface area contributed by atoms with E-state index in [1.165, 1.54) is 18.2 Å². The number of nitro groups is 1. The van der Waals surface area contributed by atoms with E-state index in [9.17, 15) is 23.3 Å². The number of sulfonamides is 1. The lowest BCUT2D eigenvalue weighted by Crippen LogP contribution is -2.47. The molecule has 0 fully saturated rings. The van der Waals surface area contributed by atoms with E-state index in [0.29, 0.717) is 5.57 Å². The van der Waals surface area contributed by atoms with Crippen LogP contribution >= 0.6 is 47.8 Å². The molecule has 0 heterocycles. The Hall–Kier alpha value is -0.910. The molecule has 2 atom stereocenters. The monoisotopic (exact) mass is 556 g/mol. The highest BCUT2D eigenvalue weighted by molar-refractivity contribution is 9.13. The van der Waals surface area contributed by atoms with E-state index in [1.807, 2.05) is 0 Å². The third kappa shape index (κ3) is 3.79. The highest BCUT2D eigenvalue weighted by Gasteiger charge is 2.47. The maximum atomic E-state index is 12.6. The molecule has 1 aromatic carbocycles. The van der Waals surface area contributed by atoms with Gasteiger partial charge in [0.2, 0.25) is 0 Å². The Balaban J connectivity index is 2.63. The minimum Gasteiger partial charge on any atom is -0.292 e. The van der Waals surface area contributed by atoms with Gasteiger partial charge in [0.15, 0.2) is 5.78 Å². The second kappa shape index (κ2) is 7.01. The summed E-state index contributed by atoms with van der Waals surface area (Å²) in [6, 6.07) is 4.63. The van der Waals surface area contributed by atoms with Crippen LogP contribution in [0.3, 0.4) is 0 Å². The zero-order chi connectivity index (χ0) is 19.2. The SMILES string of the molecule is CC1=C(Br)C(=O)[C@](C)(Br)[C@@H](Br)C1=NS(=O)(=O)c1cccc([N+](=O)[O-])c1. The fourth-order valence-corrected chi connectivity index (χ4v) is 5.33. The van der Waals surface area contributed by atoms with Gasteiger partial charge >= 0.3 is 0 Å². The minimum absolute atomic E-state index is 0.136. The van der Waals surface area contributed by atoms with Crippen LogP contribution in [-0.4, -0.2) is 34.0 Å². The summed E-state index contributed by atoms with van der Waals surface area (Å²) in [5.41, 5.74) is 0.157. The predicted octanol–water partition coefficient (Wildman–Crippen LogP) is 3.89. The number of ketones is 1. The van der Waals surface area contributed by atoms with Crippen LogP contribution < -0.4 is 0 Å². The number of nitrogens with zero attached hydrogens (tertiary/aromatic N) is 2. The van der Waals surface area contributed by atoms with Crippen LogP contribution in [0, 0.1) is 10.1 Å². The average molecular weight is 559 g/mol. The molecule has 2 rings (SSSR count). The minimum atomic E-state index is -4.21. The number of halogens is 3. The summed E-state index contributed by atoms with van der Waals surface area (Å²) in [5, 5.41) is 10.8. The fourth-order valence-electron chi connectivity index (χ4n) is 2.11. The van der Waals surface area contributed by atoms with Crippen molar-refractivity contribution in [3.05, 3.63) is 44.4 Å². The van der Waals surface area contributed by atoms with Gasteiger partial charge in [0, 0.05) is 12.1 Å². The fraction of sp³-hybridized carbons (Fsp3) is 0.286. The smallest absolute Gasteiger partial charge is 0.282 e. The van der Waals surface area contributed by atoms with Crippen molar-refractivity contribution < 1.29 is 18.1 Å². The van der Waals surface area contributed by atoms with Crippen molar-refractivity contribution in [1.82, 2.24) is 0 Å². The number of carbonyl (C=O) groups is 1. The Kier molecular flexibility index (Phi) is 5.72. The maximum absolute atomic E-state index is 12.6. The van der Waals surface area contributed by atoms with E-state index in [-0.39, 0.29) is 26.6 Å². The molecule has 0 unspecified atom stereocenters. The highest BCUT2D eigenvalue weighted by atomic mass is 79.9. The Labute approximate surface area is 169 Å². The molecule has 1 aliphatic rings. The van der Waals surface area contributed by atoms with E-state index >= 15 is 0 Å². The zero-order valence-corrected chi connectivity index (χ0v) is 18.4. The average Bonchev–Trinajstić information content (AvgIpc) is 2.56. The Bertz CT molecular complexity index is 938. The molecule has 25 heavy (non-hydrogen) atoms. The summed E-state index contributed by atoms with van der Waals surface area (Å²) in [7, 11) is -4.21. The third-order valence-corrected chi connectivity index (χ3v) is 8.64. The topological polar surface area (TPSA) is 107 Å². The standard InChI is InChI=1S/C14H11Br3N2O5S/c1-7-10(15)13(20)14(2,17)12(16)11(7)18-25(23,24)9-5-3-4-8(6-9)19(21)22/h3-6,12H,1-2H3/t12-,14+/m0/s1. The summed E-state index contributed by atoms with van der Waals surface area (Å²) in [6.45, 7) is 3.16. The number of hydrogen-bond acceptors (Lipinski definition) is 5. The molecular weight excluding hydrogens is 548 g/mol. The van der Waals surface area contributed by atoms with Crippen LogP contribution in [0.2, 0.25) is 0 Å². The summed E-state index contributed by atoms with van der Waals surface area (Å²) in [5.74, 6) is -0.251. The summed E-state index contributed by atoms with van der Waals surface area (Å²) in [4.78, 5) is 21.5. The molecule has 134 valence electrons. The molecule has 0 saturated carbocycles. The van der Waals surface area contributed by atoms with Crippen molar-refractivity contribution in [1.29, 1.82) is 0 Å². The van der Waals surface area contributed by atoms with Gasteiger partial charge in [0.25, 0.3) is 15.7 Å². The van der Waals surface area contributed by atoms with Gasteiger partial charge in [0.1, 0.15) is 4.32 Å². The Morgan fingerprint density at radius 1 is 1.36 bits per heavy atom. The van der Waals surface area contributed by atoms with Crippen LogP contribution in [0.4, 0.5) is 5.69 Å². The quantitative estimate of drug-likeness (QED) is 0.318. The molecule has 0 amide bonds. The molecule has 0 spiro atoms. The van der Waals surface area contributed by atoms with E-state index < -0.39 is 24.1 Å². The maximum Gasteiger partial charge on any atom is 0.282 e. The first kappa shape index (κ1) is 20.4. The first-order valence-electron chi connectivity index (χ1n) is 6.73. The van der Waals surface area contributed by atoms with Gasteiger partial charge in [-0.05, 0) is 41.4 Å². The lowest BCUT2D eigenvalue weighted by atomic mass is 9.88. The molecule has 0 aromatic heterocycles. The lowest BCUT2D eigenvalue weighted by molar-refractivity contribution is -0.385. The lowest BCUT2D eigenvalue weighted by Gasteiger charge is -2.33. The van der Waals surface area contributed by atoms with Crippen molar-refractivity contribution in [2.75, 3.05) is 0 Å². The van der Waals surface area contributed by atoms with Gasteiger partial charge in [-0.1, -0.05) is 37.9 Å². The van der Waals surface area contributed by atoms with Crippen molar-refractivity contribution in [3.8, 4) is 0 Å². The van der Waals surface area contributed by atoms with E-state index in [2.05, 4.69) is 52.2 Å². The van der Waals surface area contributed by atoms with E-state index in [1.54, 1.807) is 13.8 Å². The van der Waals surface area contributed by atoms with Crippen LogP contribution in [0.1, 0.15) is 13.8 Å². The first-order valence-corrected chi connectivity index (χ1v) is 10.7. The molecule has 11 heteroatoms. The number of hydrogen-bond donors (Lipinski definition) is 0.